The van der Waals surface area contributed by atoms with E-state index in [0.29, 0.717) is 23.5 Å². The van der Waals surface area contributed by atoms with Crippen LogP contribution in [0.4, 0.5) is 11.4 Å². The molecule has 2 aromatic rings. The lowest BCUT2D eigenvalue weighted by Crippen LogP contribution is -2.26. The average molecular weight is 311 g/mol. The van der Waals surface area contributed by atoms with Gasteiger partial charge in [0.1, 0.15) is 6.10 Å². The Labute approximate surface area is 133 Å². The van der Waals surface area contributed by atoms with Crippen molar-refractivity contribution in [2.45, 2.75) is 18.9 Å². The molecule has 0 radical (unpaired) electrons. The Morgan fingerprint density at radius 3 is 2.57 bits per heavy atom. The van der Waals surface area contributed by atoms with Crippen molar-refractivity contribution in [2.75, 3.05) is 17.2 Å². The predicted octanol–water partition coefficient (Wildman–Crippen LogP) is 2.45. The molecule has 2 heterocycles. The molecule has 0 saturated carbocycles. The zero-order chi connectivity index (χ0) is 16.1. The molecule has 3 rings (SSSR count). The number of hydrogen-bond acceptors (Lipinski definition) is 4. The molecular formula is C17H17N3O3. The largest absolute Gasteiger partial charge is 0.368 e. The molecule has 118 valence electrons. The Kier molecular flexibility index (Phi) is 4.63. The van der Waals surface area contributed by atoms with Gasteiger partial charge in [0.2, 0.25) is 0 Å². The summed E-state index contributed by atoms with van der Waals surface area (Å²) in [6.07, 6.45) is 4.50. The maximum Gasteiger partial charge on any atom is 0.255 e. The van der Waals surface area contributed by atoms with Crippen molar-refractivity contribution in [1.29, 1.82) is 0 Å². The van der Waals surface area contributed by atoms with Crippen molar-refractivity contribution >= 4 is 23.2 Å². The lowest BCUT2D eigenvalue weighted by Gasteiger charge is -2.11. The van der Waals surface area contributed by atoms with Crippen LogP contribution in [-0.2, 0) is 9.53 Å². The smallest absolute Gasteiger partial charge is 0.255 e. The number of pyridine rings is 1. The fraction of sp³-hybridized carbons (Fsp3) is 0.235. The quantitative estimate of drug-likeness (QED) is 0.909. The Bertz CT molecular complexity index is 680. The summed E-state index contributed by atoms with van der Waals surface area (Å²) >= 11 is 0. The monoisotopic (exact) mass is 311 g/mol. The molecule has 0 aliphatic carbocycles. The zero-order valence-electron chi connectivity index (χ0n) is 12.5. The first-order chi connectivity index (χ1) is 11.2. The number of nitrogens with one attached hydrogen (secondary N) is 2. The molecule has 1 atom stereocenters. The number of anilines is 2. The molecule has 0 bridgehead atoms. The maximum atomic E-state index is 12.1. The van der Waals surface area contributed by atoms with Gasteiger partial charge in [-0.1, -0.05) is 0 Å². The molecule has 1 aliphatic rings. The van der Waals surface area contributed by atoms with Gasteiger partial charge in [0, 0.05) is 24.1 Å². The maximum absolute atomic E-state index is 12.1. The van der Waals surface area contributed by atoms with Gasteiger partial charge in [0.15, 0.2) is 0 Å². The summed E-state index contributed by atoms with van der Waals surface area (Å²) in [4.78, 5) is 28.0. The van der Waals surface area contributed by atoms with Gasteiger partial charge in [-0.2, -0.15) is 0 Å². The molecule has 1 fully saturated rings. The fourth-order valence-corrected chi connectivity index (χ4v) is 2.35. The Morgan fingerprint density at radius 2 is 1.91 bits per heavy atom. The van der Waals surface area contributed by atoms with E-state index in [9.17, 15) is 9.59 Å². The van der Waals surface area contributed by atoms with E-state index in [2.05, 4.69) is 15.6 Å². The third-order valence-corrected chi connectivity index (χ3v) is 3.56. The number of rotatable bonds is 4. The highest BCUT2D eigenvalue weighted by molar-refractivity contribution is 6.04. The van der Waals surface area contributed by atoms with Gasteiger partial charge < -0.3 is 15.4 Å². The second kappa shape index (κ2) is 7.02. The second-order valence-electron chi connectivity index (χ2n) is 5.26. The summed E-state index contributed by atoms with van der Waals surface area (Å²) < 4.78 is 5.33. The zero-order valence-corrected chi connectivity index (χ0v) is 12.5. The van der Waals surface area contributed by atoms with Gasteiger partial charge in [-0.25, -0.2) is 0 Å². The highest BCUT2D eigenvalue weighted by atomic mass is 16.5. The SMILES string of the molecule is O=C(Nc1cccnc1)c1ccc(NC(=O)C2CCCO2)cc1. The van der Waals surface area contributed by atoms with Crippen LogP contribution in [0.25, 0.3) is 0 Å². The number of carbonyl (C=O) groups is 2. The summed E-state index contributed by atoms with van der Waals surface area (Å²) in [5.41, 5.74) is 1.78. The van der Waals surface area contributed by atoms with Crippen LogP contribution in [0.2, 0.25) is 0 Å². The second-order valence-corrected chi connectivity index (χ2v) is 5.26. The number of hydrogen-bond donors (Lipinski definition) is 2. The van der Waals surface area contributed by atoms with Crippen molar-refractivity contribution in [3.8, 4) is 0 Å². The standard InChI is InChI=1S/C17H17N3O3/c21-16(20-14-3-1-9-18-11-14)12-5-7-13(8-6-12)19-17(22)15-4-2-10-23-15/h1,3,5-9,11,15H,2,4,10H2,(H,19,22)(H,20,21). The first-order valence-corrected chi connectivity index (χ1v) is 7.46. The van der Waals surface area contributed by atoms with Crippen LogP contribution >= 0.6 is 0 Å². The van der Waals surface area contributed by atoms with E-state index in [1.54, 1.807) is 48.8 Å². The van der Waals surface area contributed by atoms with Crippen molar-refractivity contribution in [3.63, 3.8) is 0 Å². The van der Waals surface area contributed by atoms with E-state index in [-0.39, 0.29) is 17.9 Å². The van der Waals surface area contributed by atoms with Gasteiger partial charge in [0.05, 0.1) is 11.9 Å². The van der Waals surface area contributed by atoms with Gasteiger partial charge in [0.25, 0.3) is 11.8 Å². The van der Waals surface area contributed by atoms with Crippen LogP contribution < -0.4 is 10.6 Å². The number of aromatic nitrogens is 1. The van der Waals surface area contributed by atoms with Crippen molar-refractivity contribution in [2.24, 2.45) is 0 Å². The first kappa shape index (κ1) is 15.2. The van der Waals surface area contributed by atoms with Crippen LogP contribution in [0, 0.1) is 0 Å². The number of ether oxygens (including phenoxy) is 1. The minimum absolute atomic E-state index is 0.143. The van der Waals surface area contributed by atoms with Gasteiger partial charge in [-0.15, -0.1) is 0 Å². The van der Waals surface area contributed by atoms with Crippen molar-refractivity contribution < 1.29 is 14.3 Å². The van der Waals surface area contributed by atoms with Gasteiger partial charge in [-0.05, 0) is 49.2 Å². The van der Waals surface area contributed by atoms with Crippen LogP contribution in [0.1, 0.15) is 23.2 Å². The van der Waals surface area contributed by atoms with E-state index < -0.39 is 0 Å². The van der Waals surface area contributed by atoms with Crippen LogP contribution in [0.3, 0.4) is 0 Å². The van der Waals surface area contributed by atoms with Gasteiger partial charge >= 0.3 is 0 Å². The number of nitrogens with zero attached hydrogens (tertiary/aromatic N) is 1. The average Bonchev–Trinajstić information content (AvgIpc) is 3.11. The Morgan fingerprint density at radius 1 is 1.09 bits per heavy atom. The number of carbonyl (C=O) groups excluding carboxylic acids is 2. The molecule has 23 heavy (non-hydrogen) atoms. The molecular weight excluding hydrogens is 294 g/mol. The summed E-state index contributed by atoms with van der Waals surface area (Å²) in [5, 5.41) is 5.55. The molecule has 1 saturated heterocycles. The molecule has 2 N–H and O–H groups in total. The Hall–Kier alpha value is -2.73. The highest BCUT2D eigenvalue weighted by Gasteiger charge is 2.23. The Balaban J connectivity index is 1.60. The lowest BCUT2D eigenvalue weighted by molar-refractivity contribution is -0.124. The normalized spacial score (nSPS) is 16.8. The number of amides is 2. The fourth-order valence-electron chi connectivity index (χ4n) is 2.35. The predicted molar refractivity (Wildman–Crippen MR) is 86.2 cm³/mol. The van der Waals surface area contributed by atoms with E-state index >= 15 is 0 Å². The molecule has 1 aromatic carbocycles. The van der Waals surface area contributed by atoms with E-state index in [1.807, 2.05) is 0 Å². The van der Waals surface area contributed by atoms with Crippen LogP contribution in [0.15, 0.2) is 48.8 Å². The summed E-state index contributed by atoms with van der Waals surface area (Å²) in [5.74, 6) is -0.370. The number of benzene rings is 1. The van der Waals surface area contributed by atoms with E-state index in [4.69, 9.17) is 4.74 Å². The third-order valence-electron chi connectivity index (χ3n) is 3.56. The molecule has 1 unspecified atom stereocenters. The van der Waals surface area contributed by atoms with Crippen molar-refractivity contribution in [3.05, 3.63) is 54.4 Å². The highest BCUT2D eigenvalue weighted by Crippen LogP contribution is 2.16. The molecule has 1 aromatic heterocycles. The first-order valence-electron chi connectivity index (χ1n) is 7.46. The molecule has 6 heteroatoms. The molecule has 2 amide bonds. The third kappa shape index (κ3) is 3.92. The molecule has 6 nitrogen and oxygen atoms in total. The summed E-state index contributed by atoms with van der Waals surface area (Å²) in [6, 6.07) is 10.2. The molecule has 0 spiro atoms. The topological polar surface area (TPSA) is 80.3 Å². The van der Waals surface area contributed by atoms with E-state index in [0.717, 1.165) is 12.8 Å². The van der Waals surface area contributed by atoms with E-state index in [1.165, 1.54) is 0 Å². The van der Waals surface area contributed by atoms with Gasteiger partial charge in [-0.3, -0.25) is 14.6 Å². The van der Waals surface area contributed by atoms with Crippen LogP contribution in [-0.4, -0.2) is 29.5 Å². The van der Waals surface area contributed by atoms with Crippen molar-refractivity contribution in [1.82, 2.24) is 4.98 Å². The minimum Gasteiger partial charge on any atom is -0.368 e. The minimum atomic E-state index is -0.372. The van der Waals surface area contributed by atoms with Crippen LogP contribution in [0.5, 0.6) is 0 Å². The lowest BCUT2D eigenvalue weighted by atomic mass is 10.1. The molecule has 1 aliphatic heterocycles. The summed E-state index contributed by atoms with van der Waals surface area (Å²) in [6.45, 7) is 0.630. The summed E-state index contributed by atoms with van der Waals surface area (Å²) in [7, 11) is 0.